The molecule has 4 heteroatoms. The zero-order chi connectivity index (χ0) is 13.4. The van der Waals surface area contributed by atoms with Crippen molar-refractivity contribution >= 4 is 0 Å². The van der Waals surface area contributed by atoms with Crippen LogP contribution in [0.1, 0.15) is 42.3 Å². The second kappa shape index (κ2) is 4.70. The standard InChI is InChI=1S/C15H19N3O/c1-3-18-9-17-8-13(18)15-7-12(16)11-6-10(2)4-5-14(11)19-15/h4-6,8-9,12,15H,3,7,16H2,1-2H3. The maximum Gasteiger partial charge on any atom is 0.142 e. The number of fused-ring (bicyclic) bond motifs is 1. The Morgan fingerprint density at radius 2 is 2.32 bits per heavy atom. The number of aryl methyl sites for hydroxylation is 2. The minimum absolute atomic E-state index is 0.00680. The Morgan fingerprint density at radius 3 is 3.11 bits per heavy atom. The molecule has 1 aliphatic rings. The first-order chi connectivity index (χ1) is 9.19. The highest BCUT2D eigenvalue weighted by Crippen LogP contribution is 2.39. The normalized spacial score (nSPS) is 21.8. The Bertz CT molecular complexity index is 591. The lowest BCUT2D eigenvalue weighted by molar-refractivity contribution is 0.153. The average molecular weight is 257 g/mol. The van der Waals surface area contributed by atoms with E-state index in [0.29, 0.717) is 0 Å². The second-order valence-electron chi connectivity index (χ2n) is 5.09. The van der Waals surface area contributed by atoms with Crippen LogP contribution in [0.15, 0.2) is 30.7 Å². The fraction of sp³-hybridized carbons (Fsp3) is 0.400. The van der Waals surface area contributed by atoms with Crippen LogP contribution in [0.3, 0.4) is 0 Å². The maximum absolute atomic E-state index is 6.29. The van der Waals surface area contributed by atoms with Crippen molar-refractivity contribution < 1.29 is 4.74 Å². The molecule has 1 aromatic carbocycles. The fourth-order valence-electron chi connectivity index (χ4n) is 2.67. The van der Waals surface area contributed by atoms with E-state index >= 15 is 0 Å². The Balaban J connectivity index is 1.95. The van der Waals surface area contributed by atoms with E-state index in [1.54, 1.807) is 0 Å². The zero-order valence-corrected chi connectivity index (χ0v) is 11.3. The van der Waals surface area contributed by atoms with Crippen LogP contribution in [-0.4, -0.2) is 9.55 Å². The quantitative estimate of drug-likeness (QED) is 0.900. The molecule has 2 unspecified atom stereocenters. The van der Waals surface area contributed by atoms with Crippen molar-refractivity contribution in [2.75, 3.05) is 0 Å². The van der Waals surface area contributed by atoms with Crippen molar-refractivity contribution in [1.82, 2.24) is 9.55 Å². The van der Waals surface area contributed by atoms with Gasteiger partial charge < -0.3 is 15.0 Å². The number of imidazole rings is 1. The molecule has 0 spiro atoms. The van der Waals surface area contributed by atoms with Gasteiger partial charge in [-0.1, -0.05) is 17.7 Å². The highest BCUT2D eigenvalue weighted by Gasteiger charge is 2.28. The number of nitrogens with two attached hydrogens (primary N) is 1. The Morgan fingerprint density at radius 1 is 1.47 bits per heavy atom. The molecule has 2 N–H and O–H groups in total. The molecule has 2 heterocycles. The van der Waals surface area contributed by atoms with Crippen LogP contribution in [0.4, 0.5) is 0 Å². The molecule has 3 rings (SSSR count). The van der Waals surface area contributed by atoms with Gasteiger partial charge in [-0.15, -0.1) is 0 Å². The molecule has 0 saturated heterocycles. The number of hydrogen-bond acceptors (Lipinski definition) is 3. The van der Waals surface area contributed by atoms with Gasteiger partial charge in [0.1, 0.15) is 11.9 Å². The third kappa shape index (κ3) is 2.12. The maximum atomic E-state index is 6.29. The summed E-state index contributed by atoms with van der Waals surface area (Å²) in [6.07, 6.45) is 4.50. The molecule has 0 radical (unpaired) electrons. The summed E-state index contributed by atoms with van der Waals surface area (Å²) in [7, 11) is 0. The highest BCUT2D eigenvalue weighted by molar-refractivity contribution is 5.41. The lowest BCUT2D eigenvalue weighted by Crippen LogP contribution is -2.25. The molecule has 19 heavy (non-hydrogen) atoms. The van der Waals surface area contributed by atoms with E-state index in [1.165, 1.54) is 5.56 Å². The van der Waals surface area contributed by atoms with Crippen molar-refractivity contribution in [1.29, 1.82) is 0 Å². The van der Waals surface area contributed by atoms with Crippen molar-refractivity contribution in [3.05, 3.63) is 47.5 Å². The summed E-state index contributed by atoms with van der Waals surface area (Å²) in [5, 5.41) is 0. The van der Waals surface area contributed by atoms with Gasteiger partial charge in [-0.05, 0) is 19.9 Å². The van der Waals surface area contributed by atoms with Crippen molar-refractivity contribution in [2.45, 2.75) is 39.0 Å². The molecule has 4 nitrogen and oxygen atoms in total. The number of rotatable bonds is 2. The molecular weight excluding hydrogens is 238 g/mol. The molecule has 0 aliphatic carbocycles. The molecule has 1 aliphatic heterocycles. The minimum atomic E-state index is -0.00680. The Kier molecular flexibility index (Phi) is 3.03. The first-order valence-corrected chi connectivity index (χ1v) is 6.72. The summed E-state index contributed by atoms with van der Waals surface area (Å²) < 4.78 is 8.21. The molecule has 0 saturated carbocycles. The van der Waals surface area contributed by atoms with Gasteiger partial charge >= 0.3 is 0 Å². The van der Waals surface area contributed by atoms with Crippen LogP contribution in [0.2, 0.25) is 0 Å². The van der Waals surface area contributed by atoms with E-state index in [4.69, 9.17) is 10.5 Å². The second-order valence-corrected chi connectivity index (χ2v) is 5.09. The predicted molar refractivity (Wildman–Crippen MR) is 74.0 cm³/mol. The summed E-state index contributed by atoms with van der Waals surface area (Å²) in [4.78, 5) is 4.21. The first kappa shape index (κ1) is 12.2. The van der Waals surface area contributed by atoms with E-state index in [2.05, 4.69) is 35.5 Å². The summed E-state index contributed by atoms with van der Waals surface area (Å²) >= 11 is 0. The van der Waals surface area contributed by atoms with E-state index in [-0.39, 0.29) is 12.1 Å². The summed E-state index contributed by atoms with van der Waals surface area (Å²) in [5.41, 5.74) is 9.72. The topological polar surface area (TPSA) is 53.1 Å². The molecule has 100 valence electrons. The fourth-order valence-corrected chi connectivity index (χ4v) is 2.67. The lowest BCUT2D eigenvalue weighted by Gasteiger charge is -2.30. The van der Waals surface area contributed by atoms with Crippen LogP contribution < -0.4 is 10.5 Å². The lowest BCUT2D eigenvalue weighted by atomic mass is 9.94. The first-order valence-electron chi connectivity index (χ1n) is 6.72. The van der Waals surface area contributed by atoms with Gasteiger partial charge in [0.15, 0.2) is 0 Å². The van der Waals surface area contributed by atoms with Crippen LogP contribution >= 0.6 is 0 Å². The van der Waals surface area contributed by atoms with Gasteiger partial charge in [0.05, 0.1) is 18.2 Å². The van der Waals surface area contributed by atoms with Gasteiger partial charge in [0, 0.05) is 24.6 Å². The van der Waals surface area contributed by atoms with E-state index in [1.807, 2.05) is 18.6 Å². The van der Waals surface area contributed by atoms with Crippen LogP contribution in [0.5, 0.6) is 5.75 Å². The molecule has 0 bridgehead atoms. The monoisotopic (exact) mass is 257 g/mol. The third-order valence-corrected chi connectivity index (χ3v) is 3.72. The van der Waals surface area contributed by atoms with Crippen LogP contribution in [-0.2, 0) is 6.54 Å². The third-order valence-electron chi connectivity index (χ3n) is 3.72. The molecule has 2 atom stereocenters. The molecule has 2 aromatic rings. The summed E-state index contributed by atoms with van der Waals surface area (Å²) in [6.45, 7) is 5.07. The van der Waals surface area contributed by atoms with E-state index in [0.717, 1.165) is 30.0 Å². The number of aromatic nitrogens is 2. The summed E-state index contributed by atoms with van der Waals surface area (Å²) in [5.74, 6) is 0.901. The van der Waals surface area contributed by atoms with E-state index < -0.39 is 0 Å². The zero-order valence-electron chi connectivity index (χ0n) is 11.3. The van der Waals surface area contributed by atoms with Crippen LogP contribution in [0.25, 0.3) is 0 Å². The Labute approximate surface area is 113 Å². The van der Waals surface area contributed by atoms with Gasteiger partial charge in [-0.25, -0.2) is 4.98 Å². The molecule has 0 amide bonds. The Hall–Kier alpha value is -1.81. The minimum Gasteiger partial charge on any atom is -0.484 e. The van der Waals surface area contributed by atoms with E-state index in [9.17, 15) is 0 Å². The largest absolute Gasteiger partial charge is 0.484 e. The van der Waals surface area contributed by atoms with Gasteiger partial charge in [-0.2, -0.15) is 0 Å². The van der Waals surface area contributed by atoms with Gasteiger partial charge in [0.25, 0.3) is 0 Å². The smallest absolute Gasteiger partial charge is 0.142 e. The van der Waals surface area contributed by atoms with Crippen molar-refractivity contribution in [3.8, 4) is 5.75 Å². The SMILES string of the molecule is CCn1cncc1C1CC(N)c2cc(C)ccc2O1. The number of ether oxygens (including phenoxy) is 1. The van der Waals surface area contributed by atoms with Crippen LogP contribution in [0, 0.1) is 6.92 Å². The molecule has 0 fully saturated rings. The van der Waals surface area contributed by atoms with Gasteiger partial charge in [-0.3, -0.25) is 0 Å². The number of benzene rings is 1. The summed E-state index contributed by atoms with van der Waals surface area (Å²) in [6, 6.07) is 6.22. The molecular formula is C15H19N3O. The highest BCUT2D eigenvalue weighted by atomic mass is 16.5. The van der Waals surface area contributed by atoms with Gasteiger partial charge in [0.2, 0.25) is 0 Å². The predicted octanol–water partition coefficient (Wildman–Crippen LogP) is 2.74. The average Bonchev–Trinajstić information content (AvgIpc) is 2.87. The van der Waals surface area contributed by atoms with Crippen molar-refractivity contribution in [2.24, 2.45) is 5.73 Å². The molecule has 1 aromatic heterocycles. The number of nitrogens with zero attached hydrogens (tertiary/aromatic N) is 2. The van der Waals surface area contributed by atoms with Crippen molar-refractivity contribution in [3.63, 3.8) is 0 Å². The number of hydrogen-bond donors (Lipinski definition) is 1.